The van der Waals surface area contributed by atoms with Crippen molar-refractivity contribution in [1.29, 1.82) is 0 Å². The molecule has 4 heterocycles. The van der Waals surface area contributed by atoms with Crippen LogP contribution >= 0.6 is 0 Å². The van der Waals surface area contributed by atoms with Crippen molar-refractivity contribution in [2.75, 3.05) is 7.11 Å². The zero-order chi connectivity index (χ0) is 52.1. The summed E-state index contributed by atoms with van der Waals surface area (Å²) in [6, 6.07) is 21.6. The summed E-state index contributed by atoms with van der Waals surface area (Å²) in [5.74, 6) is -2.17. The Hall–Kier alpha value is -6.56. The molecule has 4 aromatic heterocycles. The number of methoxy groups -OCH3 is 1. The number of carbonyl (C=O) groups is 4. The fourth-order valence-corrected chi connectivity index (χ4v) is 9.43. The molecule has 2 aromatic carbocycles. The number of aliphatic carboxylic acids is 1. The van der Waals surface area contributed by atoms with E-state index in [4.69, 9.17) is 4.74 Å². The van der Waals surface area contributed by atoms with Crippen LogP contribution in [0, 0.1) is 53.4 Å². The minimum atomic E-state index is -0.979. The number of esters is 1. The predicted octanol–water partition coefficient (Wildman–Crippen LogP) is 7.37. The normalized spacial score (nSPS) is 12.4. The number of aromatic nitrogens is 4. The molecule has 0 aliphatic carbocycles. The van der Waals surface area contributed by atoms with Gasteiger partial charge in [-0.1, -0.05) is 64.1 Å². The van der Waals surface area contributed by atoms with Crippen LogP contribution in [0.15, 0.2) is 120 Å². The number of hydrogen-bond acceptors (Lipinski definition) is 10. The van der Waals surface area contributed by atoms with Gasteiger partial charge in [0.15, 0.2) is 11.6 Å². The zero-order valence-corrected chi connectivity index (χ0v) is 45.1. The van der Waals surface area contributed by atoms with Crippen LogP contribution in [0.25, 0.3) is 22.3 Å². The summed E-state index contributed by atoms with van der Waals surface area (Å²) in [6.07, 6.45) is 11.3. The standard InChI is InChI=1S/C30H36N2O4.C29H34N2O4.Li.2H2O/c1-19(2)12-26(32-11-10-20(3)13-28(32)34)27(33)15-23(16-29(35)36-6)24-14-25(18-31-17-24)30-21(4)8-7-9-22(30)5;1-18(2)11-25(31-10-9-19(3)12-27(31)33)26(32)14-22(15-28(34)35)23-13-24(17-30-16-23)29-20(4)7-6-8-21(29)5;;;/h7-11,13-14,17-19,23,26H,12,15-16H2,1-6H3;6-10,12-13,16-18,22,25H,11,14-15H2,1-5H3,(H,34,35);;2*1H2/q;;+1;;/p-1/t23-,26?;22-,25?;;;/m00.../s1. The summed E-state index contributed by atoms with van der Waals surface area (Å²) in [7, 11) is 1.35. The Labute approximate surface area is 447 Å². The Kier molecular flexibility index (Phi) is 25.2. The Balaban J connectivity index is 0.000000487. The molecular weight excluding hydrogens is 932 g/mol. The van der Waals surface area contributed by atoms with Crippen molar-refractivity contribution in [3.05, 3.63) is 175 Å². The van der Waals surface area contributed by atoms with Crippen LogP contribution in [0.5, 0.6) is 0 Å². The molecule has 0 saturated heterocycles. The van der Waals surface area contributed by atoms with Crippen LogP contribution in [0.4, 0.5) is 0 Å². The van der Waals surface area contributed by atoms with Gasteiger partial charge in [-0.15, -0.1) is 0 Å². The summed E-state index contributed by atoms with van der Waals surface area (Å²) in [4.78, 5) is 85.6. The van der Waals surface area contributed by atoms with Crippen molar-refractivity contribution in [2.24, 2.45) is 11.8 Å². The van der Waals surface area contributed by atoms with E-state index in [1.807, 2.05) is 110 Å². The Morgan fingerprint density at radius 1 is 0.568 bits per heavy atom. The van der Waals surface area contributed by atoms with Crippen LogP contribution < -0.4 is 30.0 Å². The van der Waals surface area contributed by atoms with Gasteiger partial charge in [0.25, 0.3) is 11.1 Å². The van der Waals surface area contributed by atoms with Gasteiger partial charge < -0.3 is 29.9 Å². The van der Waals surface area contributed by atoms with E-state index >= 15 is 0 Å². The minimum absolute atomic E-state index is 0. The second-order valence-corrected chi connectivity index (χ2v) is 19.9. The van der Waals surface area contributed by atoms with Crippen molar-refractivity contribution in [2.45, 2.75) is 132 Å². The van der Waals surface area contributed by atoms with E-state index < -0.39 is 35.9 Å². The first kappa shape index (κ1) is 63.6. The molecule has 6 aromatic rings. The number of ether oxygens (including phenoxy) is 1. The number of carbonyl (C=O) groups excluding carboxylic acids is 3. The van der Waals surface area contributed by atoms with E-state index in [9.17, 15) is 33.9 Å². The van der Waals surface area contributed by atoms with Gasteiger partial charge >= 0.3 is 30.8 Å². The molecule has 14 nitrogen and oxygen atoms in total. The number of aryl methyl sites for hydroxylation is 6. The molecule has 74 heavy (non-hydrogen) atoms. The van der Waals surface area contributed by atoms with Gasteiger partial charge in [0.2, 0.25) is 0 Å². The monoisotopic (exact) mass is 1000 g/mol. The second kappa shape index (κ2) is 29.4. The van der Waals surface area contributed by atoms with Crippen molar-refractivity contribution in [3.63, 3.8) is 0 Å². The summed E-state index contributed by atoms with van der Waals surface area (Å²) in [5.41, 5.74) is 11.2. The van der Waals surface area contributed by atoms with Crippen LogP contribution in [-0.2, 0) is 23.9 Å². The number of nitrogens with zero attached hydrogens (tertiary/aromatic N) is 4. The number of Topliss-reactive ketones (excluding diaryl/α,β-unsaturated/α-hetero) is 2. The van der Waals surface area contributed by atoms with Crippen molar-refractivity contribution in [1.82, 2.24) is 19.1 Å². The summed E-state index contributed by atoms with van der Waals surface area (Å²) < 4.78 is 7.96. The zero-order valence-electron chi connectivity index (χ0n) is 45.1. The third kappa shape index (κ3) is 17.3. The minimum Gasteiger partial charge on any atom is -0.870 e. The van der Waals surface area contributed by atoms with Crippen LogP contribution in [0.2, 0.25) is 0 Å². The average Bonchev–Trinajstić information content (AvgIpc) is 3.30. The van der Waals surface area contributed by atoms with Gasteiger partial charge in [-0.05, 0) is 146 Å². The molecule has 0 aliphatic heterocycles. The molecular formula is C59H73LiN4O10. The molecule has 0 aliphatic rings. The number of rotatable bonds is 20. The van der Waals surface area contributed by atoms with E-state index in [-0.39, 0.29) is 90.0 Å². The van der Waals surface area contributed by atoms with Crippen molar-refractivity contribution in [3.8, 4) is 22.3 Å². The largest absolute Gasteiger partial charge is 1.00 e. The maximum Gasteiger partial charge on any atom is 1.00 e. The van der Waals surface area contributed by atoms with E-state index in [0.717, 1.165) is 61.2 Å². The predicted molar refractivity (Wildman–Crippen MR) is 285 cm³/mol. The molecule has 0 spiro atoms. The van der Waals surface area contributed by atoms with Gasteiger partial charge in [0.1, 0.15) is 0 Å². The van der Waals surface area contributed by atoms with Crippen molar-refractivity contribution < 1.29 is 58.8 Å². The molecule has 15 heteroatoms. The van der Waals surface area contributed by atoms with Gasteiger partial charge in [-0.3, -0.25) is 38.7 Å². The third-order valence-corrected chi connectivity index (χ3v) is 13.0. The Bertz CT molecular complexity index is 2940. The number of hydrogen-bond donors (Lipinski definition) is 1. The molecule has 0 bridgehead atoms. The summed E-state index contributed by atoms with van der Waals surface area (Å²) in [5, 5.41) is 9.62. The van der Waals surface area contributed by atoms with E-state index in [2.05, 4.69) is 35.9 Å². The fraction of sp³-hybridized carbons (Fsp3) is 0.390. The maximum absolute atomic E-state index is 13.7. The molecule has 2 unspecified atom stereocenters. The van der Waals surface area contributed by atoms with Gasteiger partial charge in [0, 0.05) is 85.1 Å². The molecule has 0 fully saturated rings. The number of ketones is 2. The van der Waals surface area contributed by atoms with Gasteiger partial charge in [0.05, 0.1) is 32.0 Å². The molecule has 4 atom stereocenters. The molecule has 0 amide bonds. The maximum atomic E-state index is 13.7. The van der Waals surface area contributed by atoms with Crippen LogP contribution in [0.3, 0.4) is 0 Å². The first-order valence-corrected chi connectivity index (χ1v) is 24.4. The molecule has 4 N–H and O–H groups in total. The molecule has 0 saturated carbocycles. The smallest absolute Gasteiger partial charge is 0.870 e. The summed E-state index contributed by atoms with van der Waals surface area (Å²) in [6.45, 7) is 19.9. The molecule has 390 valence electrons. The first-order valence-electron chi connectivity index (χ1n) is 24.4. The molecule has 0 radical (unpaired) electrons. The number of carboxylic acid groups (broad SMARTS) is 1. The van der Waals surface area contributed by atoms with Crippen LogP contribution in [0.1, 0.15) is 135 Å². The van der Waals surface area contributed by atoms with Gasteiger partial charge in [-0.2, -0.15) is 0 Å². The Morgan fingerprint density at radius 2 is 0.932 bits per heavy atom. The molecule has 6 rings (SSSR count). The van der Waals surface area contributed by atoms with Gasteiger partial charge in [-0.25, -0.2) is 0 Å². The van der Waals surface area contributed by atoms with E-state index in [1.54, 1.807) is 37.1 Å². The quantitative estimate of drug-likeness (QED) is 0.0586. The fourth-order valence-electron chi connectivity index (χ4n) is 9.43. The first-order chi connectivity index (χ1) is 33.7. The van der Waals surface area contributed by atoms with Crippen molar-refractivity contribution >= 4 is 23.5 Å². The number of benzene rings is 2. The van der Waals surface area contributed by atoms with Crippen LogP contribution in [-0.4, -0.2) is 65.8 Å². The van der Waals surface area contributed by atoms with E-state index in [0.29, 0.717) is 18.4 Å². The van der Waals surface area contributed by atoms with E-state index in [1.165, 1.54) is 22.3 Å². The summed E-state index contributed by atoms with van der Waals surface area (Å²) >= 11 is 0. The SMILES string of the molecule is COC(=O)C[C@H](CC(=O)C(CC(C)C)n1ccc(C)cc1=O)c1cncc(-c2c(C)cccc2C)c1.Cc1ccn(C(CC(C)C)C(=O)C[C@@H](CC(=O)O)c2cncc(-c3c(C)cccc3C)c2)c(=O)c1.O.[Li+].[OH-]. The topological polar surface area (TPSA) is 229 Å². The Morgan fingerprint density at radius 3 is 1.26 bits per heavy atom. The average molecular weight is 1010 g/mol. The second-order valence-electron chi connectivity index (χ2n) is 19.9. The number of carboxylic acids is 1. The number of pyridine rings is 4. The third-order valence-electron chi connectivity index (χ3n) is 13.0.